The van der Waals surface area contributed by atoms with Crippen molar-refractivity contribution < 1.29 is 19.1 Å². The predicted molar refractivity (Wildman–Crippen MR) is 98.0 cm³/mol. The molecule has 7 heteroatoms. The molecule has 7 nitrogen and oxygen atoms in total. The summed E-state index contributed by atoms with van der Waals surface area (Å²) in [5.41, 5.74) is 2.21. The first-order valence-electron chi connectivity index (χ1n) is 9.27. The predicted octanol–water partition coefficient (Wildman–Crippen LogP) is 2.69. The number of rotatable bonds is 5. The molecular weight excluding hydrogens is 334 g/mol. The second-order valence-electron chi connectivity index (χ2n) is 7.00. The molecule has 1 heterocycles. The number of nitrogens with one attached hydrogen (secondary N) is 2. The molecule has 0 spiro atoms. The fraction of sp³-hybridized carbons (Fsp3) is 0.632. The molecule has 144 valence electrons. The van der Waals surface area contributed by atoms with Crippen molar-refractivity contribution in [1.82, 2.24) is 15.2 Å². The number of urea groups is 1. The Morgan fingerprint density at radius 3 is 2.54 bits per heavy atom. The van der Waals surface area contributed by atoms with Gasteiger partial charge in [0.1, 0.15) is 0 Å². The molecule has 2 N–H and O–H groups in total. The Labute approximate surface area is 154 Å². The zero-order valence-corrected chi connectivity index (χ0v) is 16.1. The lowest BCUT2D eigenvalue weighted by Gasteiger charge is -2.29. The van der Waals surface area contributed by atoms with Crippen LogP contribution in [0, 0.1) is 19.8 Å². The van der Waals surface area contributed by atoms with Gasteiger partial charge in [0.05, 0.1) is 5.56 Å². The summed E-state index contributed by atoms with van der Waals surface area (Å²) in [6, 6.07) is 1.29. The number of carbonyl (C=O) groups is 3. The van der Waals surface area contributed by atoms with Gasteiger partial charge in [-0.25, -0.2) is 9.59 Å². The molecule has 1 aromatic heterocycles. The van der Waals surface area contributed by atoms with Crippen LogP contribution in [0.3, 0.4) is 0 Å². The van der Waals surface area contributed by atoms with E-state index in [-0.39, 0.29) is 6.04 Å². The fourth-order valence-corrected chi connectivity index (χ4v) is 3.60. The number of imide groups is 1. The number of amides is 3. The molecule has 1 aliphatic carbocycles. The molecule has 1 saturated carbocycles. The molecule has 0 radical (unpaired) electrons. The van der Waals surface area contributed by atoms with Gasteiger partial charge in [-0.15, -0.1) is 0 Å². The second-order valence-corrected chi connectivity index (χ2v) is 7.00. The van der Waals surface area contributed by atoms with E-state index in [9.17, 15) is 14.4 Å². The van der Waals surface area contributed by atoms with Crippen LogP contribution < -0.4 is 10.6 Å². The van der Waals surface area contributed by atoms with Gasteiger partial charge in [0, 0.05) is 24.0 Å². The van der Waals surface area contributed by atoms with Crippen LogP contribution in [0.4, 0.5) is 4.79 Å². The summed E-state index contributed by atoms with van der Waals surface area (Å²) in [4.78, 5) is 36.0. The van der Waals surface area contributed by atoms with Crippen LogP contribution in [-0.2, 0) is 16.1 Å². The Kier molecular flexibility index (Phi) is 6.83. The van der Waals surface area contributed by atoms with Crippen LogP contribution in [0.15, 0.2) is 6.07 Å². The molecule has 2 rings (SSSR count). The average molecular weight is 363 g/mol. The molecule has 1 aromatic rings. The highest BCUT2D eigenvalue weighted by Gasteiger charge is 2.24. The summed E-state index contributed by atoms with van der Waals surface area (Å²) >= 11 is 0. The van der Waals surface area contributed by atoms with Crippen LogP contribution in [0.5, 0.6) is 0 Å². The van der Waals surface area contributed by atoms with Gasteiger partial charge in [0.25, 0.3) is 5.91 Å². The average Bonchev–Trinajstić information content (AvgIpc) is 2.88. The maximum Gasteiger partial charge on any atom is 0.340 e. The van der Waals surface area contributed by atoms with E-state index in [1.165, 1.54) is 6.42 Å². The van der Waals surface area contributed by atoms with Crippen molar-refractivity contribution in [3.05, 3.63) is 23.0 Å². The lowest BCUT2D eigenvalue weighted by Crippen LogP contribution is -2.48. The van der Waals surface area contributed by atoms with Crippen molar-refractivity contribution in [2.24, 2.45) is 5.92 Å². The van der Waals surface area contributed by atoms with Crippen LogP contribution in [0.2, 0.25) is 0 Å². The Hall–Kier alpha value is -2.31. The Balaban J connectivity index is 1.81. The largest absolute Gasteiger partial charge is 0.452 e. The Morgan fingerprint density at radius 2 is 1.92 bits per heavy atom. The first kappa shape index (κ1) is 20.0. The second kappa shape index (κ2) is 8.87. The highest BCUT2D eigenvalue weighted by atomic mass is 16.5. The van der Waals surface area contributed by atoms with Gasteiger partial charge in [-0.05, 0) is 45.6 Å². The van der Waals surface area contributed by atoms with E-state index in [1.54, 1.807) is 6.07 Å². The molecule has 2 unspecified atom stereocenters. The number of carbonyl (C=O) groups excluding carboxylic acids is 3. The molecule has 0 aliphatic heterocycles. The van der Waals surface area contributed by atoms with E-state index < -0.39 is 24.5 Å². The van der Waals surface area contributed by atoms with E-state index in [4.69, 9.17) is 4.74 Å². The molecule has 26 heavy (non-hydrogen) atoms. The fourth-order valence-electron chi connectivity index (χ4n) is 3.60. The minimum absolute atomic E-state index is 0.0820. The zero-order chi connectivity index (χ0) is 19.3. The molecule has 0 bridgehead atoms. The number of aryl methyl sites for hydroxylation is 1. The van der Waals surface area contributed by atoms with Gasteiger partial charge in [0.2, 0.25) is 0 Å². The number of hydrogen-bond acceptors (Lipinski definition) is 4. The SMILES string of the molecule is CCn1c(C)cc(C(=O)OCC(=O)NC(=O)NC2CCCCC2C)c1C. The van der Waals surface area contributed by atoms with Crippen molar-refractivity contribution in [3.63, 3.8) is 0 Å². The smallest absolute Gasteiger partial charge is 0.340 e. The quantitative estimate of drug-likeness (QED) is 0.787. The van der Waals surface area contributed by atoms with Crippen LogP contribution in [-0.4, -0.2) is 35.1 Å². The minimum atomic E-state index is -0.636. The van der Waals surface area contributed by atoms with Crippen LogP contribution in [0.25, 0.3) is 0 Å². The van der Waals surface area contributed by atoms with E-state index >= 15 is 0 Å². The molecule has 2 atom stereocenters. The third kappa shape index (κ3) is 4.86. The number of hydrogen-bond donors (Lipinski definition) is 2. The van der Waals surface area contributed by atoms with Crippen molar-refractivity contribution in [3.8, 4) is 0 Å². The maximum atomic E-state index is 12.2. The monoisotopic (exact) mass is 363 g/mol. The molecule has 0 saturated heterocycles. The topological polar surface area (TPSA) is 89.4 Å². The lowest BCUT2D eigenvalue weighted by atomic mass is 9.86. The van der Waals surface area contributed by atoms with Crippen molar-refractivity contribution >= 4 is 17.9 Å². The summed E-state index contributed by atoms with van der Waals surface area (Å²) in [6.45, 7) is 8.12. The Morgan fingerprint density at radius 1 is 1.23 bits per heavy atom. The van der Waals surface area contributed by atoms with Gasteiger partial charge in [-0.3, -0.25) is 10.1 Å². The van der Waals surface area contributed by atoms with Gasteiger partial charge < -0.3 is 14.6 Å². The standard InChI is InChI=1S/C19H29N3O4/c1-5-22-13(3)10-15(14(22)4)18(24)26-11-17(23)21-19(25)20-16-9-7-6-8-12(16)2/h10,12,16H,5-9,11H2,1-4H3,(H2,20,21,23,25). The number of ether oxygens (including phenoxy) is 1. The summed E-state index contributed by atoms with van der Waals surface area (Å²) < 4.78 is 7.05. The van der Waals surface area contributed by atoms with Crippen molar-refractivity contribution in [2.75, 3.05) is 6.61 Å². The highest BCUT2D eigenvalue weighted by molar-refractivity contribution is 5.97. The number of aromatic nitrogens is 1. The van der Waals surface area contributed by atoms with E-state index in [2.05, 4.69) is 17.6 Å². The highest BCUT2D eigenvalue weighted by Crippen LogP contribution is 2.23. The third-order valence-corrected chi connectivity index (χ3v) is 5.13. The van der Waals surface area contributed by atoms with Gasteiger partial charge in [-0.1, -0.05) is 19.8 Å². The third-order valence-electron chi connectivity index (χ3n) is 5.13. The maximum absolute atomic E-state index is 12.2. The summed E-state index contributed by atoms with van der Waals surface area (Å²) in [5, 5.41) is 5.06. The molecule has 1 fully saturated rings. The summed E-state index contributed by atoms with van der Waals surface area (Å²) in [7, 11) is 0. The first-order chi connectivity index (χ1) is 12.3. The number of nitrogens with zero attached hydrogens (tertiary/aromatic N) is 1. The normalized spacial score (nSPS) is 19.7. The van der Waals surface area contributed by atoms with Crippen LogP contribution >= 0.6 is 0 Å². The first-order valence-corrected chi connectivity index (χ1v) is 9.27. The summed E-state index contributed by atoms with van der Waals surface area (Å²) in [6.07, 6.45) is 4.25. The molecule has 0 aromatic carbocycles. The van der Waals surface area contributed by atoms with Crippen molar-refractivity contribution in [1.29, 1.82) is 0 Å². The number of esters is 1. The lowest BCUT2D eigenvalue weighted by molar-refractivity contribution is -0.123. The minimum Gasteiger partial charge on any atom is -0.452 e. The molecule has 3 amide bonds. The zero-order valence-electron chi connectivity index (χ0n) is 16.1. The van der Waals surface area contributed by atoms with Gasteiger partial charge in [0.15, 0.2) is 6.61 Å². The molecular formula is C19H29N3O4. The van der Waals surface area contributed by atoms with Crippen LogP contribution in [0.1, 0.15) is 61.3 Å². The molecule has 1 aliphatic rings. The van der Waals surface area contributed by atoms with Gasteiger partial charge >= 0.3 is 12.0 Å². The van der Waals surface area contributed by atoms with Crippen molar-refractivity contribution in [2.45, 2.75) is 66.0 Å². The van der Waals surface area contributed by atoms with E-state index in [0.29, 0.717) is 11.5 Å². The summed E-state index contributed by atoms with van der Waals surface area (Å²) in [5.74, 6) is -0.797. The van der Waals surface area contributed by atoms with E-state index in [1.807, 2.05) is 25.3 Å². The van der Waals surface area contributed by atoms with E-state index in [0.717, 1.165) is 37.2 Å². The van der Waals surface area contributed by atoms with Gasteiger partial charge in [-0.2, -0.15) is 0 Å². The Bertz CT molecular complexity index is 681.